The van der Waals surface area contributed by atoms with Crippen LogP contribution in [0.1, 0.15) is 30.6 Å². The Morgan fingerprint density at radius 1 is 1.13 bits per heavy atom. The third-order valence-corrected chi connectivity index (χ3v) is 7.71. The average Bonchev–Trinajstić information content (AvgIpc) is 2.72. The monoisotopic (exact) mass is 468 g/mol. The van der Waals surface area contributed by atoms with Crippen LogP contribution in [-0.2, 0) is 10.0 Å². The second-order valence-electron chi connectivity index (χ2n) is 7.98. The van der Waals surface area contributed by atoms with E-state index in [2.05, 4.69) is 5.32 Å². The van der Waals surface area contributed by atoms with Gasteiger partial charge in [-0.3, -0.25) is 4.79 Å². The van der Waals surface area contributed by atoms with Gasteiger partial charge in [-0.1, -0.05) is 37.7 Å². The van der Waals surface area contributed by atoms with Crippen molar-refractivity contribution < 1.29 is 22.0 Å². The predicted octanol–water partition coefficient (Wildman–Crippen LogP) is 4.96. The van der Waals surface area contributed by atoms with E-state index in [1.807, 2.05) is 13.8 Å². The number of hydrogen-bond acceptors (Lipinski definition) is 5. The molecule has 1 aliphatic rings. The molecule has 2 aromatic carbocycles. The fraction of sp³-hybridized carbons (Fsp3) is 0.409. The van der Waals surface area contributed by atoms with Crippen LogP contribution in [0.25, 0.3) is 0 Å². The summed E-state index contributed by atoms with van der Waals surface area (Å²) in [7, 11) is -3.67. The molecular formula is C22H26F2N2O3S2. The van der Waals surface area contributed by atoms with E-state index in [9.17, 15) is 22.0 Å². The van der Waals surface area contributed by atoms with Gasteiger partial charge in [0.25, 0.3) is 5.76 Å². The van der Waals surface area contributed by atoms with Crippen molar-refractivity contribution >= 4 is 33.3 Å². The third kappa shape index (κ3) is 6.27. The first-order valence-corrected chi connectivity index (χ1v) is 12.4. The van der Waals surface area contributed by atoms with E-state index in [4.69, 9.17) is 0 Å². The number of hydrogen-bond donors (Lipinski definition) is 1. The number of thioether (sulfide) groups is 1. The van der Waals surface area contributed by atoms with E-state index in [1.165, 1.54) is 16.4 Å². The van der Waals surface area contributed by atoms with Crippen molar-refractivity contribution in [1.82, 2.24) is 4.31 Å². The number of halogens is 2. The lowest BCUT2D eigenvalue weighted by Crippen LogP contribution is -2.42. The molecule has 5 nitrogen and oxygen atoms in total. The number of sulfonamides is 1. The molecule has 0 bridgehead atoms. The summed E-state index contributed by atoms with van der Waals surface area (Å²) in [4.78, 5) is 13.2. The zero-order valence-electron chi connectivity index (χ0n) is 17.4. The lowest BCUT2D eigenvalue weighted by molar-refractivity contribution is 0.101. The van der Waals surface area contributed by atoms with E-state index in [1.54, 1.807) is 36.4 Å². The van der Waals surface area contributed by atoms with Gasteiger partial charge in [0.1, 0.15) is 0 Å². The number of benzene rings is 2. The summed E-state index contributed by atoms with van der Waals surface area (Å²) in [5, 5.41) is 2.95. The molecule has 0 radical (unpaired) electrons. The Bertz CT molecular complexity index is 1000. The van der Waals surface area contributed by atoms with Gasteiger partial charge in [0.15, 0.2) is 5.78 Å². The first-order chi connectivity index (χ1) is 14.6. The minimum Gasteiger partial charge on any atom is -0.378 e. The average molecular weight is 469 g/mol. The number of rotatable bonds is 8. The summed E-state index contributed by atoms with van der Waals surface area (Å²) in [6, 6.07) is 12.5. The van der Waals surface area contributed by atoms with Crippen LogP contribution >= 0.6 is 11.8 Å². The molecule has 0 spiro atoms. The Morgan fingerprint density at radius 2 is 1.77 bits per heavy atom. The van der Waals surface area contributed by atoms with Crippen LogP contribution in [-0.4, -0.2) is 43.9 Å². The van der Waals surface area contributed by atoms with Crippen LogP contribution in [0.3, 0.4) is 0 Å². The Kier molecular flexibility index (Phi) is 7.72. The zero-order chi connectivity index (χ0) is 22.6. The Labute approximate surface area is 186 Å². The molecule has 3 rings (SSSR count). The van der Waals surface area contributed by atoms with Gasteiger partial charge in [0, 0.05) is 29.2 Å². The van der Waals surface area contributed by atoms with Crippen molar-refractivity contribution in [3.63, 3.8) is 0 Å². The topological polar surface area (TPSA) is 66.5 Å². The number of nitrogens with zero attached hydrogens (tertiary/aromatic N) is 1. The molecule has 1 heterocycles. The fourth-order valence-electron chi connectivity index (χ4n) is 3.82. The van der Waals surface area contributed by atoms with Crippen LogP contribution in [0.5, 0.6) is 0 Å². The SMILES string of the molecule is CC1CC(C)CN(S(=O)(=O)c2cccc(C(=O)CNc3ccc(SC(F)F)cc3)c2)C1. The lowest BCUT2D eigenvalue weighted by atomic mass is 9.94. The van der Waals surface area contributed by atoms with Crippen LogP contribution in [0.2, 0.25) is 0 Å². The quantitative estimate of drug-likeness (QED) is 0.438. The minimum absolute atomic E-state index is 0.0391. The maximum absolute atomic E-state index is 13.1. The molecular weight excluding hydrogens is 442 g/mol. The molecule has 9 heteroatoms. The summed E-state index contributed by atoms with van der Waals surface area (Å²) < 4.78 is 52.5. The number of nitrogens with one attached hydrogen (secondary N) is 1. The summed E-state index contributed by atoms with van der Waals surface area (Å²) in [5.74, 6) is -2.17. The first kappa shape index (κ1) is 23.7. The van der Waals surface area contributed by atoms with E-state index in [-0.39, 0.29) is 29.1 Å². The molecule has 0 saturated carbocycles. The van der Waals surface area contributed by atoms with Crippen LogP contribution < -0.4 is 5.32 Å². The van der Waals surface area contributed by atoms with Gasteiger partial charge in [-0.25, -0.2) is 8.42 Å². The van der Waals surface area contributed by atoms with Crippen molar-refractivity contribution in [3.05, 3.63) is 54.1 Å². The van der Waals surface area contributed by atoms with E-state index in [0.29, 0.717) is 41.0 Å². The highest BCUT2D eigenvalue weighted by Crippen LogP contribution is 2.28. The number of carbonyl (C=O) groups is 1. The first-order valence-electron chi connectivity index (χ1n) is 10.1. The second kappa shape index (κ2) is 10.1. The highest BCUT2D eigenvalue weighted by molar-refractivity contribution is 7.99. The number of anilines is 1. The number of ketones is 1. The molecule has 168 valence electrons. The minimum atomic E-state index is -3.67. The maximum atomic E-state index is 13.1. The molecule has 1 aliphatic heterocycles. The van der Waals surface area contributed by atoms with Crippen molar-refractivity contribution in [3.8, 4) is 0 Å². The van der Waals surface area contributed by atoms with Crippen molar-refractivity contribution in [2.45, 2.75) is 35.8 Å². The Morgan fingerprint density at radius 3 is 2.39 bits per heavy atom. The molecule has 1 fully saturated rings. The largest absolute Gasteiger partial charge is 0.378 e. The molecule has 0 aromatic heterocycles. The number of Topliss-reactive ketones (excluding diaryl/α,β-unsaturated/α-hetero) is 1. The van der Waals surface area contributed by atoms with Crippen LogP contribution in [0.15, 0.2) is 58.3 Å². The molecule has 1 N–H and O–H groups in total. The zero-order valence-corrected chi connectivity index (χ0v) is 19.1. The van der Waals surface area contributed by atoms with E-state index in [0.717, 1.165) is 6.42 Å². The molecule has 2 aromatic rings. The van der Waals surface area contributed by atoms with Crippen molar-refractivity contribution in [2.75, 3.05) is 25.0 Å². The Hall–Kier alpha value is -1.97. The molecule has 1 saturated heterocycles. The second-order valence-corrected chi connectivity index (χ2v) is 11.0. The highest BCUT2D eigenvalue weighted by Gasteiger charge is 2.31. The summed E-state index contributed by atoms with van der Waals surface area (Å²) >= 11 is 0.455. The van der Waals surface area contributed by atoms with Gasteiger partial charge >= 0.3 is 0 Å². The van der Waals surface area contributed by atoms with Gasteiger partial charge in [-0.05, 0) is 54.7 Å². The van der Waals surface area contributed by atoms with Gasteiger partial charge in [-0.2, -0.15) is 13.1 Å². The highest BCUT2D eigenvalue weighted by atomic mass is 32.2. The van der Waals surface area contributed by atoms with Gasteiger partial charge in [0.2, 0.25) is 10.0 Å². The van der Waals surface area contributed by atoms with Crippen molar-refractivity contribution in [2.24, 2.45) is 11.8 Å². The van der Waals surface area contributed by atoms with Crippen molar-refractivity contribution in [1.29, 1.82) is 0 Å². The number of alkyl halides is 2. The lowest BCUT2D eigenvalue weighted by Gasteiger charge is -2.34. The maximum Gasteiger partial charge on any atom is 0.288 e. The summed E-state index contributed by atoms with van der Waals surface area (Å²) in [6.07, 6.45) is 0.998. The third-order valence-electron chi connectivity index (χ3n) is 5.16. The molecule has 2 atom stereocenters. The molecule has 31 heavy (non-hydrogen) atoms. The normalized spacial score (nSPS) is 20.0. The van der Waals surface area contributed by atoms with E-state index >= 15 is 0 Å². The standard InChI is InChI=1S/C22H26F2N2O3S2/c1-15-10-16(2)14-26(13-15)31(28,29)20-5-3-4-17(11-20)21(27)12-25-18-6-8-19(9-7-18)30-22(23)24/h3-9,11,15-16,22,25H,10,12-14H2,1-2H3. The van der Waals surface area contributed by atoms with Gasteiger partial charge in [-0.15, -0.1) is 0 Å². The summed E-state index contributed by atoms with van der Waals surface area (Å²) in [5.41, 5.74) is 0.920. The van der Waals surface area contributed by atoms with E-state index < -0.39 is 15.8 Å². The molecule has 2 unspecified atom stereocenters. The molecule has 0 amide bonds. The predicted molar refractivity (Wildman–Crippen MR) is 119 cm³/mol. The smallest absolute Gasteiger partial charge is 0.288 e. The number of carbonyl (C=O) groups excluding carboxylic acids is 1. The molecule has 0 aliphatic carbocycles. The fourth-order valence-corrected chi connectivity index (χ4v) is 6.04. The van der Waals surface area contributed by atoms with Gasteiger partial charge < -0.3 is 5.32 Å². The summed E-state index contributed by atoms with van der Waals surface area (Å²) in [6.45, 7) is 5.01. The van der Waals surface area contributed by atoms with Crippen LogP contribution in [0.4, 0.5) is 14.5 Å². The number of piperidine rings is 1. The van der Waals surface area contributed by atoms with Crippen LogP contribution in [0, 0.1) is 11.8 Å². The Balaban J connectivity index is 1.67. The van der Waals surface area contributed by atoms with Gasteiger partial charge in [0.05, 0.1) is 11.4 Å².